The van der Waals surface area contributed by atoms with Gasteiger partial charge in [0.2, 0.25) is 0 Å². The Kier molecular flexibility index (Phi) is 5.05. The van der Waals surface area contributed by atoms with Crippen molar-refractivity contribution in [3.63, 3.8) is 0 Å². The minimum Gasteiger partial charge on any atom is -0.396 e. The van der Waals surface area contributed by atoms with Gasteiger partial charge in [0.05, 0.1) is 29.8 Å². The second-order valence-electron chi connectivity index (χ2n) is 8.94. The Hall–Kier alpha value is -2.78. The van der Waals surface area contributed by atoms with Crippen LogP contribution in [0.2, 0.25) is 0 Å². The fourth-order valence-electron chi connectivity index (χ4n) is 4.98. The van der Waals surface area contributed by atoms with Gasteiger partial charge in [-0.1, -0.05) is 0 Å². The first-order valence-electron chi connectivity index (χ1n) is 11.0. The average Bonchev–Trinajstić information content (AvgIpc) is 3.38. The van der Waals surface area contributed by atoms with Crippen molar-refractivity contribution in [3.05, 3.63) is 35.5 Å². The molecule has 4 N–H and O–H groups in total. The number of hydrogen-bond donors (Lipinski definition) is 2. The van der Waals surface area contributed by atoms with Gasteiger partial charge in [-0.05, 0) is 44.2 Å². The number of benzene rings is 1. The SMILES string of the molecule is CC(C)n1nc(-c2cc(F)c(N)cc2F)c2c(N)ncc(C3CCC4(CC3)OCCO4)c21. The van der Waals surface area contributed by atoms with Crippen molar-refractivity contribution < 1.29 is 18.3 Å². The normalized spacial score (nSPS) is 18.9. The summed E-state index contributed by atoms with van der Waals surface area (Å²) in [5, 5.41) is 5.21. The van der Waals surface area contributed by atoms with E-state index in [-0.39, 0.29) is 34.7 Å². The number of ether oxygens (including phenoxy) is 2. The zero-order chi connectivity index (χ0) is 22.6. The molecule has 1 aromatic carbocycles. The number of rotatable bonds is 3. The van der Waals surface area contributed by atoms with E-state index in [0.29, 0.717) is 18.6 Å². The van der Waals surface area contributed by atoms with E-state index in [4.69, 9.17) is 20.9 Å². The van der Waals surface area contributed by atoms with Crippen LogP contribution in [0.5, 0.6) is 0 Å². The van der Waals surface area contributed by atoms with Gasteiger partial charge < -0.3 is 20.9 Å². The lowest BCUT2D eigenvalue weighted by Crippen LogP contribution is -2.34. The number of aromatic nitrogens is 3. The second-order valence-corrected chi connectivity index (χ2v) is 8.94. The highest BCUT2D eigenvalue weighted by molar-refractivity contribution is 6.02. The first-order valence-corrected chi connectivity index (χ1v) is 11.0. The smallest absolute Gasteiger partial charge is 0.168 e. The van der Waals surface area contributed by atoms with Crippen LogP contribution in [-0.4, -0.2) is 33.8 Å². The number of fused-ring (bicyclic) bond motifs is 1. The van der Waals surface area contributed by atoms with Crippen molar-refractivity contribution >= 4 is 22.4 Å². The predicted molar refractivity (Wildman–Crippen MR) is 118 cm³/mol. The monoisotopic (exact) mass is 443 g/mol. The number of nitrogen functional groups attached to an aromatic ring is 2. The third-order valence-electron chi connectivity index (χ3n) is 6.61. The van der Waals surface area contributed by atoms with Gasteiger partial charge in [-0.2, -0.15) is 5.10 Å². The van der Waals surface area contributed by atoms with Crippen LogP contribution in [0.15, 0.2) is 18.3 Å². The van der Waals surface area contributed by atoms with Crippen LogP contribution in [-0.2, 0) is 9.47 Å². The van der Waals surface area contributed by atoms with E-state index in [1.54, 1.807) is 6.20 Å². The molecule has 5 rings (SSSR count). The zero-order valence-electron chi connectivity index (χ0n) is 18.2. The molecule has 2 aliphatic rings. The summed E-state index contributed by atoms with van der Waals surface area (Å²) in [6.45, 7) is 5.25. The molecule has 1 saturated heterocycles. The topological polar surface area (TPSA) is 101 Å². The molecular formula is C23H27F2N5O2. The molecule has 1 saturated carbocycles. The van der Waals surface area contributed by atoms with Gasteiger partial charge in [0.1, 0.15) is 23.1 Å². The summed E-state index contributed by atoms with van der Waals surface area (Å²) in [6.07, 6.45) is 5.11. The summed E-state index contributed by atoms with van der Waals surface area (Å²) in [5.74, 6) is -1.38. The summed E-state index contributed by atoms with van der Waals surface area (Å²) >= 11 is 0. The van der Waals surface area contributed by atoms with Gasteiger partial charge in [-0.15, -0.1) is 0 Å². The maximum absolute atomic E-state index is 14.8. The Morgan fingerprint density at radius 2 is 1.78 bits per heavy atom. The molecule has 2 aromatic heterocycles. The van der Waals surface area contributed by atoms with Crippen LogP contribution < -0.4 is 11.5 Å². The molecule has 0 atom stereocenters. The summed E-state index contributed by atoms with van der Waals surface area (Å²) in [6, 6.07) is 2.02. The molecule has 0 unspecified atom stereocenters. The number of nitrogens with two attached hydrogens (primary N) is 2. The quantitative estimate of drug-likeness (QED) is 0.577. The van der Waals surface area contributed by atoms with Crippen molar-refractivity contribution in [1.29, 1.82) is 0 Å². The molecule has 3 heterocycles. The fraction of sp³-hybridized carbons (Fsp3) is 0.478. The lowest BCUT2D eigenvalue weighted by molar-refractivity contribution is -0.178. The third kappa shape index (κ3) is 3.31. The van der Waals surface area contributed by atoms with Gasteiger partial charge in [-0.3, -0.25) is 4.68 Å². The summed E-state index contributed by atoms with van der Waals surface area (Å²) in [4.78, 5) is 4.42. The van der Waals surface area contributed by atoms with Crippen molar-refractivity contribution in [2.24, 2.45) is 0 Å². The van der Waals surface area contributed by atoms with Gasteiger partial charge in [0.25, 0.3) is 0 Å². The second kappa shape index (κ2) is 7.67. The molecule has 1 aliphatic carbocycles. The van der Waals surface area contributed by atoms with Crippen LogP contribution in [0.3, 0.4) is 0 Å². The van der Waals surface area contributed by atoms with E-state index >= 15 is 0 Å². The van der Waals surface area contributed by atoms with Crippen LogP contribution in [0, 0.1) is 11.6 Å². The predicted octanol–water partition coefficient (Wildman–Crippen LogP) is 4.52. The van der Waals surface area contributed by atoms with Gasteiger partial charge >= 0.3 is 0 Å². The first-order chi connectivity index (χ1) is 15.3. The first kappa shape index (κ1) is 21.1. The molecule has 0 radical (unpaired) electrons. The largest absolute Gasteiger partial charge is 0.396 e. The molecule has 2 fully saturated rings. The molecule has 7 nitrogen and oxygen atoms in total. The van der Waals surface area contributed by atoms with E-state index in [2.05, 4.69) is 10.1 Å². The van der Waals surface area contributed by atoms with Crippen molar-refractivity contribution in [1.82, 2.24) is 14.8 Å². The van der Waals surface area contributed by atoms with E-state index in [9.17, 15) is 8.78 Å². The maximum atomic E-state index is 14.8. The standard InChI is InChI=1S/C23H27F2N5O2/c1-12(2)30-21-15(13-3-5-23(6-4-13)31-7-8-32-23)11-28-22(27)19(21)20(29-30)14-9-17(25)18(26)10-16(14)24/h9-13H,3-8,26H2,1-2H3,(H2,27,28). The number of halogens is 2. The lowest BCUT2D eigenvalue weighted by atomic mass is 9.80. The van der Waals surface area contributed by atoms with E-state index in [1.807, 2.05) is 18.5 Å². The van der Waals surface area contributed by atoms with Crippen LogP contribution in [0.25, 0.3) is 22.2 Å². The fourth-order valence-corrected chi connectivity index (χ4v) is 4.98. The average molecular weight is 443 g/mol. The van der Waals surface area contributed by atoms with E-state index in [1.165, 1.54) is 0 Å². The highest BCUT2D eigenvalue weighted by Crippen LogP contribution is 2.46. The lowest BCUT2D eigenvalue weighted by Gasteiger charge is -2.35. The van der Waals surface area contributed by atoms with Gasteiger partial charge in [0.15, 0.2) is 5.79 Å². The molecule has 0 amide bonds. The number of pyridine rings is 1. The van der Waals surface area contributed by atoms with Crippen LogP contribution in [0.1, 0.15) is 57.1 Å². The number of nitrogens with zero attached hydrogens (tertiary/aromatic N) is 3. The minimum absolute atomic E-state index is 0.0158. The van der Waals surface area contributed by atoms with Crippen molar-refractivity contribution in [2.75, 3.05) is 24.7 Å². The minimum atomic E-state index is -0.703. The summed E-state index contributed by atoms with van der Waals surface area (Å²) < 4.78 is 42.6. The molecular weight excluding hydrogens is 416 g/mol. The maximum Gasteiger partial charge on any atom is 0.168 e. The molecule has 9 heteroatoms. The Balaban J connectivity index is 1.65. The van der Waals surface area contributed by atoms with E-state index < -0.39 is 17.4 Å². The Labute approximate surface area is 184 Å². The highest BCUT2D eigenvalue weighted by Gasteiger charge is 2.41. The third-order valence-corrected chi connectivity index (χ3v) is 6.61. The molecule has 32 heavy (non-hydrogen) atoms. The number of hydrogen-bond acceptors (Lipinski definition) is 6. The number of anilines is 2. The highest BCUT2D eigenvalue weighted by atomic mass is 19.1. The van der Waals surface area contributed by atoms with Crippen molar-refractivity contribution in [3.8, 4) is 11.3 Å². The molecule has 3 aromatic rings. The van der Waals surface area contributed by atoms with E-state index in [0.717, 1.165) is 48.9 Å². The molecule has 0 bridgehead atoms. The molecule has 170 valence electrons. The Bertz CT molecular complexity index is 1180. The molecule has 1 spiro atoms. The van der Waals surface area contributed by atoms with Gasteiger partial charge in [-0.25, -0.2) is 13.8 Å². The van der Waals surface area contributed by atoms with Crippen LogP contribution in [0.4, 0.5) is 20.3 Å². The van der Waals surface area contributed by atoms with Gasteiger partial charge in [0, 0.05) is 36.7 Å². The Morgan fingerprint density at radius 1 is 1.09 bits per heavy atom. The summed E-state index contributed by atoms with van der Waals surface area (Å²) in [7, 11) is 0. The summed E-state index contributed by atoms with van der Waals surface area (Å²) in [5.41, 5.74) is 13.7. The Morgan fingerprint density at radius 3 is 2.44 bits per heavy atom. The van der Waals surface area contributed by atoms with Crippen LogP contribution >= 0.6 is 0 Å². The zero-order valence-corrected chi connectivity index (χ0v) is 18.2. The molecule has 1 aliphatic heterocycles. The van der Waals surface area contributed by atoms with Crippen molar-refractivity contribution in [2.45, 2.75) is 57.3 Å².